The minimum atomic E-state index is -0.326. The number of carbonyl (C=O) groups is 1. The molecule has 0 fully saturated rings. The molecule has 0 aliphatic carbocycles. The molecule has 3 aromatic carbocycles. The quantitative estimate of drug-likeness (QED) is 0.359. The molecule has 1 aromatic heterocycles. The molecule has 0 saturated heterocycles. The summed E-state index contributed by atoms with van der Waals surface area (Å²) in [6, 6.07) is 29.0. The van der Waals surface area contributed by atoms with Crippen molar-refractivity contribution >= 4 is 5.91 Å². The van der Waals surface area contributed by atoms with Gasteiger partial charge in [0.25, 0.3) is 5.91 Å². The second kappa shape index (κ2) is 10.9. The highest BCUT2D eigenvalue weighted by Gasteiger charge is 2.36. The highest BCUT2D eigenvalue weighted by molar-refractivity contribution is 5.96. The number of carbonyl (C=O) groups excluding carboxylic acids is 1. The van der Waals surface area contributed by atoms with Crippen LogP contribution in [0.5, 0.6) is 11.5 Å². The van der Waals surface area contributed by atoms with E-state index in [2.05, 4.69) is 29.3 Å². The average Bonchev–Trinajstić information content (AvgIpc) is 2.98. The van der Waals surface area contributed by atoms with Crippen LogP contribution in [0.1, 0.15) is 39.6 Å². The number of rotatable bonds is 4. The van der Waals surface area contributed by atoms with Crippen molar-refractivity contribution in [2.45, 2.75) is 19.1 Å². The van der Waals surface area contributed by atoms with Crippen molar-refractivity contribution in [3.63, 3.8) is 0 Å². The maximum Gasteiger partial charge on any atom is 0.278 e. The molecular formula is C32H29N3O4. The highest BCUT2D eigenvalue weighted by atomic mass is 16.5. The third-order valence-electron chi connectivity index (χ3n) is 6.98. The van der Waals surface area contributed by atoms with Crippen LogP contribution in [0.15, 0.2) is 114 Å². The van der Waals surface area contributed by atoms with Crippen molar-refractivity contribution in [2.75, 3.05) is 24.8 Å². The molecule has 1 amide bonds. The predicted octanol–water partition coefficient (Wildman–Crippen LogP) is 4.91. The Labute approximate surface area is 227 Å². The van der Waals surface area contributed by atoms with Gasteiger partial charge in [0, 0.05) is 18.8 Å². The lowest BCUT2D eigenvalue weighted by Gasteiger charge is -2.44. The predicted molar refractivity (Wildman–Crippen MR) is 150 cm³/mol. The van der Waals surface area contributed by atoms with Crippen LogP contribution in [0.3, 0.4) is 0 Å². The Kier molecular flexibility index (Phi) is 6.87. The largest absolute Gasteiger partial charge is 0.493 e. The summed E-state index contributed by atoms with van der Waals surface area (Å²) in [7, 11) is 0. The van der Waals surface area contributed by atoms with Crippen molar-refractivity contribution in [3.05, 3.63) is 142 Å². The third-order valence-corrected chi connectivity index (χ3v) is 6.98. The molecule has 1 atom stereocenters. The minimum absolute atomic E-state index is 0.0539. The lowest BCUT2D eigenvalue weighted by atomic mass is 9.97. The van der Waals surface area contributed by atoms with Gasteiger partial charge in [0.15, 0.2) is 11.4 Å². The zero-order valence-corrected chi connectivity index (χ0v) is 21.5. The van der Waals surface area contributed by atoms with E-state index in [1.807, 2.05) is 72.8 Å². The van der Waals surface area contributed by atoms with Gasteiger partial charge >= 0.3 is 0 Å². The van der Waals surface area contributed by atoms with E-state index in [0.29, 0.717) is 19.8 Å². The Balaban J connectivity index is 1.52. The molecule has 3 heterocycles. The van der Waals surface area contributed by atoms with E-state index in [1.165, 1.54) is 6.07 Å². The topological polar surface area (TPSA) is 64.0 Å². The van der Waals surface area contributed by atoms with Crippen molar-refractivity contribution in [1.82, 2.24) is 9.58 Å². The lowest BCUT2D eigenvalue weighted by molar-refractivity contribution is 0.0698. The van der Waals surface area contributed by atoms with E-state index in [9.17, 15) is 9.59 Å². The van der Waals surface area contributed by atoms with Gasteiger partial charge in [0.2, 0.25) is 5.43 Å². The van der Waals surface area contributed by atoms with Gasteiger partial charge in [-0.15, -0.1) is 0 Å². The lowest BCUT2D eigenvalue weighted by Crippen LogP contribution is -2.55. The Morgan fingerprint density at radius 3 is 2.44 bits per heavy atom. The van der Waals surface area contributed by atoms with E-state index in [4.69, 9.17) is 9.47 Å². The number of hydrogen-bond donors (Lipinski definition) is 0. The van der Waals surface area contributed by atoms with Gasteiger partial charge in [0.1, 0.15) is 19.0 Å². The second-order valence-corrected chi connectivity index (χ2v) is 9.58. The van der Waals surface area contributed by atoms with E-state index < -0.39 is 0 Å². The fraction of sp³-hybridized carbons (Fsp3) is 0.188. The number of nitrogens with zero attached hydrogens (tertiary/aromatic N) is 3. The molecule has 4 aromatic rings. The molecule has 2 aliphatic heterocycles. The first-order valence-corrected chi connectivity index (χ1v) is 13.1. The molecule has 1 unspecified atom stereocenters. The van der Waals surface area contributed by atoms with E-state index in [1.54, 1.807) is 15.8 Å². The van der Waals surface area contributed by atoms with Crippen LogP contribution < -0.4 is 19.9 Å². The normalized spacial score (nSPS) is 17.6. The molecule has 0 N–H and O–H groups in total. The van der Waals surface area contributed by atoms with Crippen LogP contribution >= 0.6 is 0 Å². The molecule has 7 nitrogen and oxygen atoms in total. The molecule has 196 valence electrons. The number of fused-ring (bicyclic) bond motifs is 6. The molecular weight excluding hydrogens is 490 g/mol. The monoisotopic (exact) mass is 519 g/mol. The first kappa shape index (κ1) is 24.6. The Morgan fingerprint density at radius 1 is 0.846 bits per heavy atom. The number of aromatic nitrogens is 1. The minimum Gasteiger partial charge on any atom is -0.493 e. The van der Waals surface area contributed by atoms with Crippen molar-refractivity contribution in [1.29, 1.82) is 0 Å². The number of pyridine rings is 1. The molecule has 39 heavy (non-hydrogen) atoms. The van der Waals surface area contributed by atoms with Gasteiger partial charge in [-0.25, -0.2) is 0 Å². The zero-order chi connectivity index (χ0) is 26.6. The maximum absolute atomic E-state index is 13.9. The number of ether oxygens (including phenoxy) is 2. The zero-order valence-electron chi connectivity index (χ0n) is 21.5. The summed E-state index contributed by atoms with van der Waals surface area (Å²) in [6.07, 6.45) is 6.39. The number of benzene rings is 3. The molecule has 6 rings (SSSR count). The maximum atomic E-state index is 13.9. The second-order valence-electron chi connectivity index (χ2n) is 9.58. The Bertz CT molecular complexity index is 1550. The standard InChI is InChI=1S/C32H29N3O4/c36-28-17-19-34-30(31(28)39-22-24-11-4-1-5-12-24)32(37)33-18-8-3-9-20-38-27-16-10-15-26(21-27)29(35(34)23-33)25-13-6-2-7-14-25/h1-8,10-17,19,21,29H,9,18,20,22-23H2/b8-3+. The van der Waals surface area contributed by atoms with Crippen LogP contribution in [-0.2, 0) is 6.61 Å². The molecule has 0 radical (unpaired) electrons. The molecule has 2 aliphatic rings. The SMILES string of the molecule is O=C1c2c(OCc3ccccc3)c(=O)ccn2N2CN1C/C=C/CCOc1cccc(c1)C2c1ccccc1. The number of hydrogen-bond acceptors (Lipinski definition) is 5. The Morgan fingerprint density at radius 2 is 1.62 bits per heavy atom. The molecule has 7 heteroatoms. The first-order chi connectivity index (χ1) is 19.2. The molecule has 4 bridgehead atoms. The summed E-state index contributed by atoms with van der Waals surface area (Å²) in [4.78, 5) is 28.8. The fourth-order valence-electron chi connectivity index (χ4n) is 5.10. The summed E-state index contributed by atoms with van der Waals surface area (Å²) in [5.74, 6) is 0.597. The van der Waals surface area contributed by atoms with Gasteiger partial charge in [-0.3, -0.25) is 19.3 Å². The van der Waals surface area contributed by atoms with Crippen molar-refractivity contribution < 1.29 is 14.3 Å². The first-order valence-electron chi connectivity index (χ1n) is 13.1. The van der Waals surface area contributed by atoms with Gasteiger partial charge in [-0.1, -0.05) is 84.9 Å². The highest BCUT2D eigenvalue weighted by Crippen LogP contribution is 2.34. The van der Waals surface area contributed by atoms with Crippen LogP contribution in [0, 0.1) is 0 Å². The van der Waals surface area contributed by atoms with Gasteiger partial charge in [-0.2, -0.15) is 0 Å². The molecule has 0 spiro atoms. The van der Waals surface area contributed by atoms with E-state index in [-0.39, 0.29) is 35.4 Å². The third kappa shape index (κ3) is 5.03. The van der Waals surface area contributed by atoms with E-state index in [0.717, 1.165) is 28.9 Å². The van der Waals surface area contributed by atoms with Crippen LogP contribution in [0.2, 0.25) is 0 Å². The molecule has 0 saturated carbocycles. The van der Waals surface area contributed by atoms with Crippen molar-refractivity contribution in [2.24, 2.45) is 0 Å². The summed E-state index contributed by atoms with van der Waals surface area (Å²) < 4.78 is 13.9. The average molecular weight is 520 g/mol. The number of amides is 1. The summed E-state index contributed by atoms with van der Waals surface area (Å²) in [5.41, 5.74) is 2.87. The van der Waals surface area contributed by atoms with Gasteiger partial charge < -0.3 is 14.4 Å². The van der Waals surface area contributed by atoms with Gasteiger partial charge in [-0.05, 0) is 35.2 Å². The van der Waals surface area contributed by atoms with E-state index >= 15 is 0 Å². The summed E-state index contributed by atoms with van der Waals surface area (Å²) >= 11 is 0. The Hall–Kier alpha value is -4.78. The van der Waals surface area contributed by atoms with Gasteiger partial charge in [0.05, 0.1) is 12.6 Å². The smallest absolute Gasteiger partial charge is 0.278 e. The van der Waals surface area contributed by atoms with Crippen LogP contribution in [-0.4, -0.2) is 35.3 Å². The fourth-order valence-corrected chi connectivity index (χ4v) is 5.10. The summed E-state index contributed by atoms with van der Waals surface area (Å²) in [5, 5.41) is 2.10. The van der Waals surface area contributed by atoms with Crippen LogP contribution in [0.4, 0.5) is 0 Å². The van der Waals surface area contributed by atoms with Crippen molar-refractivity contribution in [3.8, 4) is 11.5 Å². The van der Waals surface area contributed by atoms with Crippen LogP contribution in [0.25, 0.3) is 0 Å². The summed E-state index contributed by atoms with van der Waals surface area (Å²) in [6.45, 7) is 1.44.